The SMILES string of the molecule is CCCc1nc2cc(C(=O)O)cnc2n1C1CC1. The first-order valence-electron chi connectivity index (χ1n) is 6.31. The van der Waals surface area contributed by atoms with Crippen LogP contribution in [-0.4, -0.2) is 25.6 Å². The summed E-state index contributed by atoms with van der Waals surface area (Å²) in [5, 5.41) is 8.97. The highest BCUT2D eigenvalue weighted by Crippen LogP contribution is 2.38. The molecular formula is C13H15N3O2. The van der Waals surface area contributed by atoms with E-state index in [1.54, 1.807) is 6.07 Å². The van der Waals surface area contributed by atoms with Crippen LogP contribution in [0.4, 0.5) is 0 Å². The maximum absolute atomic E-state index is 10.9. The Morgan fingerprint density at radius 2 is 2.33 bits per heavy atom. The summed E-state index contributed by atoms with van der Waals surface area (Å²) in [5.74, 6) is 0.0763. The van der Waals surface area contributed by atoms with Crippen molar-refractivity contribution in [2.45, 2.75) is 38.6 Å². The molecule has 0 amide bonds. The number of fused-ring (bicyclic) bond motifs is 1. The normalized spacial score (nSPS) is 15.2. The van der Waals surface area contributed by atoms with E-state index in [1.165, 1.54) is 19.0 Å². The van der Waals surface area contributed by atoms with Crippen molar-refractivity contribution in [3.63, 3.8) is 0 Å². The Morgan fingerprint density at radius 1 is 1.56 bits per heavy atom. The van der Waals surface area contributed by atoms with Gasteiger partial charge in [-0.2, -0.15) is 0 Å². The lowest BCUT2D eigenvalue weighted by Gasteiger charge is -2.05. The van der Waals surface area contributed by atoms with Gasteiger partial charge in [0.25, 0.3) is 0 Å². The molecule has 0 aliphatic heterocycles. The molecule has 1 aliphatic rings. The van der Waals surface area contributed by atoms with E-state index in [9.17, 15) is 4.79 Å². The molecule has 3 rings (SSSR count). The zero-order valence-electron chi connectivity index (χ0n) is 10.3. The molecule has 0 radical (unpaired) electrons. The summed E-state index contributed by atoms with van der Waals surface area (Å²) < 4.78 is 2.18. The Bertz CT molecular complexity index is 614. The zero-order chi connectivity index (χ0) is 12.7. The fourth-order valence-electron chi connectivity index (χ4n) is 2.26. The van der Waals surface area contributed by atoms with Crippen LogP contribution in [0.1, 0.15) is 48.4 Å². The lowest BCUT2D eigenvalue weighted by molar-refractivity contribution is 0.0696. The van der Waals surface area contributed by atoms with Crippen LogP contribution in [0.2, 0.25) is 0 Å². The standard InChI is InChI=1S/C13H15N3O2/c1-2-3-11-15-10-6-8(13(17)18)7-14-12(10)16(11)9-4-5-9/h6-7,9H,2-5H2,1H3,(H,17,18). The van der Waals surface area contributed by atoms with Crippen LogP contribution < -0.4 is 0 Å². The highest BCUT2D eigenvalue weighted by molar-refractivity contribution is 5.90. The fraction of sp³-hybridized carbons (Fsp3) is 0.462. The Labute approximate surface area is 104 Å². The minimum absolute atomic E-state index is 0.200. The molecule has 2 aromatic rings. The number of hydrogen-bond acceptors (Lipinski definition) is 3. The second-order valence-electron chi connectivity index (χ2n) is 4.75. The number of hydrogen-bond donors (Lipinski definition) is 1. The van der Waals surface area contributed by atoms with Crippen molar-refractivity contribution in [1.29, 1.82) is 0 Å². The first-order chi connectivity index (χ1) is 8.70. The van der Waals surface area contributed by atoms with Gasteiger partial charge in [0.1, 0.15) is 11.3 Å². The predicted molar refractivity (Wildman–Crippen MR) is 66.8 cm³/mol. The number of rotatable bonds is 4. The summed E-state index contributed by atoms with van der Waals surface area (Å²) in [7, 11) is 0. The molecule has 0 aromatic carbocycles. The van der Waals surface area contributed by atoms with Crippen LogP contribution in [0.3, 0.4) is 0 Å². The second kappa shape index (κ2) is 4.08. The van der Waals surface area contributed by atoms with Gasteiger partial charge >= 0.3 is 5.97 Å². The maximum Gasteiger partial charge on any atom is 0.337 e. The first-order valence-corrected chi connectivity index (χ1v) is 6.31. The third-order valence-corrected chi connectivity index (χ3v) is 3.24. The number of carboxylic acids is 1. The summed E-state index contributed by atoms with van der Waals surface area (Å²) in [5.41, 5.74) is 1.72. The number of aromatic carboxylic acids is 1. The minimum Gasteiger partial charge on any atom is -0.478 e. The van der Waals surface area contributed by atoms with Gasteiger partial charge in [-0.1, -0.05) is 6.92 Å². The number of carboxylic acid groups (broad SMARTS) is 1. The Balaban J connectivity index is 2.16. The molecule has 0 bridgehead atoms. The largest absolute Gasteiger partial charge is 0.478 e. The molecule has 1 saturated carbocycles. The summed E-state index contributed by atoms with van der Waals surface area (Å²) in [6.45, 7) is 2.12. The van der Waals surface area contributed by atoms with Crippen molar-refractivity contribution in [1.82, 2.24) is 14.5 Å². The molecule has 94 valence electrons. The fourth-order valence-corrected chi connectivity index (χ4v) is 2.26. The number of carbonyl (C=O) groups is 1. The van der Waals surface area contributed by atoms with Gasteiger partial charge in [-0.15, -0.1) is 0 Å². The van der Waals surface area contributed by atoms with E-state index in [2.05, 4.69) is 21.5 Å². The van der Waals surface area contributed by atoms with Crippen LogP contribution in [-0.2, 0) is 6.42 Å². The van der Waals surface area contributed by atoms with E-state index in [-0.39, 0.29) is 5.56 Å². The van der Waals surface area contributed by atoms with Gasteiger partial charge in [-0.3, -0.25) is 0 Å². The number of aromatic nitrogens is 3. The highest BCUT2D eigenvalue weighted by Gasteiger charge is 2.28. The molecule has 18 heavy (non-hydrogen) atoms. The molecule has 0 spiro atoms. The van der Waals surface area contributed by atoms with E-state index in [0.29, 0.717) is 11.6 Å². The predicted octanol–water partition coefficient (Wildman–Crippen LogP) is 2.42. The van der Waals surface area contributed by atoms with E-state index in [1.807, 2.05) is 0 Å². The zero-order valence-corrected chi connectivity index (χ0v) is 10.3. The number of nitrogens with zero attached hydrogens (tertiary/aromatic N) is 3. The Morgan fingerprint density at radius 3 is 2.94 bits per heavy atom. The van der Waals surface area contributed by atoms with Crippen molar-refractivity contribution in [2.75, 3.05) is 0 Å². The smallest absolute Gasteiger partial charge is 0.337 e. The topological polar surface area (TPSA) is 68.0 Å². The molecule has 1 fully saturated rings. The van der Waals surface area contributed by atoms with Crippen molar-refractivity contribution in [3.8, 4) is 0 Å². The van der Waals surface area contributed by atoms with E-state index in [4.69, 9.17) is 5.11 Å². The summed E-state index contributed by atoms with van der Waals surface area (Å²) in [6, 6.07) is 2.13. The van der Waals surface area contributed by atoms with Gasteiger partial charge < -0.3 is 9.67 Å². The first kappa shape index (κ1) is 11.2. The lowest BCUT2D eigenvalue weighted by atomic mass is 10.3. The highest BCUT2D eigenvalue weighted by atomic mass is 16.4. The Kier molecular flexibility index (Phi) is 2.54. The van der Waals surface area contributed by atoms with Gasteiger partial charge in [-0.05, 0) is 25.3 Å². The quantitative estimate of drug-likeness (QED) is 0.898. The molecular weight excluding hydrogens is 230 g/mol. The molecule has 0 atom stereocenters. The third kappa shape index (κ3) is 1.75. The average molecular weight is 245 g/mol. The van der Waals surface area contributed by atoms with Crippen molar-refractivity contribution < 1.29 is 9.90 Å². The Hall–Kier alpha value is -1.91. The molecule has 0 unspecified atom stereocenters. The van der Waals surface area contributed by atoms with Crippen LogP contribution in [0.5, 0.6) is 0 Å². The molecule has 2 heterocycles. The second-order valence-corrected chi connectivity index (χ2v) is 4.75. The monoisotopic (exact) mass is 245 g/mol. The summed E-state index contributed by atoms with van der Waals surface area (Å²) in [4.78, 5) is 19.8. The number of pyridine rings is 1. The average Bonchev–Trinajstić information content (AvgIpc) is 3.11. The molecule has 5 heteroatoms. The van der Waals surface area contributed by atoms with Crippen molar-refractivity contribution >= 4 is 17.1 Å². The maximum atomic E-state index is 10.9. The molecule has 1 aliphatic carbocycles. The number of aryl methyl sites for hydroxylation is 1. The minimum atomic E-state index is -0.956. The summed E-state index contributed by atoms with van der Waals surface area (Å²) >= 11 is 0. The van der Waals surface area contributed by atoms with Gasteiger partial charge in [0.15, 0.2) is 5.65 Å². The molecule has 0 saturated heterocycles. The van der Waals surface area contributed by atoms with Crippen LogP contribution in [0.25, 0.3) is 11.2 Å². The number of imidazole rings is 1. The van der Waals surface area contributed by atoms with Crippen LogP contribution >= 0.6 is 0 Å². The van der Waals surface area contributed by atoms with Crippen molar-refractivity contribution in [2.24, 2.45) is 0 Å². The molecule has 1 N–H and O–H groups in total. The van der Waals surface area contributed by atoms with Gasteiger partial charge in [0.2, 0.25) is 0 Å². The molecule has 5 nitrogen and oxygen atoms in total. The van der Waals surface area contributed by atoms with Gasteiger partial charge in [0, 0.05) is 18.7 Å². The molecule has 2 aromatic heterocycles. The lowest BCUT2D eigenvalue weighted by Crippen LogP contribution is -2.02. The van der Waals surface area contributed by atoms with E-state index >= 15 is 0 Å². The van der Waals surface area contributed by atoms with Crippen molar-refractivity contribution in [3.05, 3.63) is 23.7 Å². The van der Waals surface area contributed by atoms with Crippen LogP contribution in [0, 0.1) is 0 Å². The third-order valence-electron chi connectivity index (χ3n) is 3.24. The van der Waals surface area contributed by atoms with E-state index in [0.717, 1.165) is 24.3 Å². The van der Waals surface area contributed by atoms with Crippen LogP contribution in [0.15, 0.2) is 12.3 Å². The van der Waals surface area contributed by atoms with Gasteiger partial charge in [0.05, 0.1) is 5.56 Å². The summed E-state index contributed by atoms with van der Waals surface area (Å²) in [6.07, 6.45) is 5.70. The van der Waals surface area contributed by atoms with E-state index < -0.39 is 5.97 Å². The van der Waals surface area contributed by atoms with Gasteiger partial charge in [-0.25, -0.2) is 14.8 Å².